The highest BCUT2D eigenvalue weighted by molar-refractivity contribution is 5.83. The summed E-state index contributed by atoms with van der Waals surface area (Å²) in [6.45, 7) is 4.51. The van der Waals surface area contributed by atoms with Crippen LogP contribution in [0.25, 0.3) is 10.9 Å². The molecule has 1 aliphatic rings. The lowest BCUT2D eigenvalue weighted by Gasteiger charge is -2.38. The first kappa shape index (κ1) is 26.7. The standard InChI is InChI=1S/C31H36N2O4/c1-22-5-3-6-23(19-22)7-4-17-33-18-15-24(25(21-33)9-13-31(35)36)8-12-30(34)27-14-16-32-29-11-10-26(37-2)20-28(27)29/h3,5-6,10-11,14,16,19-20,24-25,30,34H,8-9,12-13,15,17-18,21H2,1-2H3,(H,35,36)/t24?,25?,30-/m0/s1. The molecule has 4 rings (SSSR count). The molecule has 1 saturated heterocycles. The third-order valence-corrected chi connectivity index (χ3v) is 7.41. The number of aliphatic hydroxyl groups excluding tert-OH is 1. The highest BCUT2D eigenvalue weighted by Gasteiger charge is 2.30. The molecule has 0 bridgehead atoms. The second-order valence-corrected chi connectivity index (χ2v) is 10.0. The summed E-state index contributed by atoms with van der Waals surface area (Å²) < 4.78 is 5.37. The molecule has 1 aliphatic heterocycles. The number of hydrogen-bond acceptors (Lipinski definition) is 5. The number of methoxy groups -OCH3 is 1. The minimum atomic E-state index is -0.757. The number of fused-ring (bicyclic) bond motifs is 1. The van der Waals surface area contributed by atoms with Crippen LogP contribution >= 0.6 is 0 Å². The van der Waals surface area contributed by atoms with Gasteiger partial charge in [-0.2, -0.15) is 0 Å². The smallest absolute Gasteiger partial charge is 0.303 e. The Morgan fingerprint density at radius 2 is 2.05 bits per heavy atom. The number of rotatable bonds is 9. The van der Waals surface area contributed by atoms with E-state index >= 15 is 0 Å². The predicted molar refractivity (Wildman–Crippen MR) is 145 cm³/mol. The average Bonchev–Trinajstić information content (AvgIpc) is 2.90. The first-order valence-electron chi connectivity index (χ1n) is 13.0. The normalized spacial score (nSPS) is 18.7. The maximum atomic E-state index is 11.3. The Morgan fingerprint density at radius 3 is 2.84 bits per heavy atom. The maximum Gasteiger partial charge on any atom is 0.303 e. The highest BCUT2D eigenvalue weighted by atomic mass is 16.5. The Morgan fingerprint density at radius 1 is 1.19 bits per heavy atom. The molecule has 0 aliphatic carbocycles. The van der Waals surface area contributed by atoms with Crippen LogP contribution in [0.2, 0.25) is 0 Å². The van der Waals surface area contributed by atoms with E-state index in [9.17, 15) is 15.0 Å². The van der Waals surface area contributed by atoms with Crippen LogP contribution in [-0.4, -0.2) is 52.8 Å². The van der Waals surface area contributed by atoms with Gasteiger partial charge in [0.25, 0.3) is 0 Å². The van der Waals surface area contributed by atoms with Gasteiger partial charge in [-0.25, -0.2) is 0 Å². The van der Waals surface area contributed by atoms with Crippen molar-refractivity contribution in [3.05, 3.63) is 71.4 Å². The number of pyridine rings is 1. The molecule has 3 atom stereocenters. The number of carboxylic acids is 1. The molecule has 1 aromatic heterocycles. The van der Waals surface area contributed by atoms with Crippen molar-refractivity contribution in [2.24, 2.45) is 11.8 Å². The summed E-state index contributed by atoms with van der Waals surface area (Å²) >= 11 is 0. The Kier molecular flexibility index (Phi) is 9.16. The number of likely N-dealkylation sites (tertiary alicyclic amines) is 1. The van der Waals surface area contributed by atoms with Crippen molar-refractivity contribution in [1.29, 1.82) is 0 Å². The minimum Gasteiger partial charge on any atom is -0.497 e. The SMILES string of the molecule is COc1ccc2nccc([C@@H](O)CCC3CCN(CC#Cc4cccc(C)c4)CC3CCC(=O)O)c2c1. The van der Waals surface area contributed by atoms with Crippen LogP contribution < -0.4 is 4.74 Å². The van der Waals surface area contributed by atoms with Gasteiger partial charge in [0.2, 0.25) is 0 Å². The van der Waals surface area contributed by atoms with E-state index < -0.39 is 12.1 Å². The van der Waals surface area contributed by atoms with E-state index in [1.54, 1.807) is 13.3 Å². The number of carbonyl (C=O) groups is 1. The molecule has 2 heterocycles. The van der Waals surface area contributed by atoms with Gasteiger partial charge in [-0.15, -0.1) is 0 Å². The number of piperidine rings is 1. The summed E-state index contributed by atoms with van der Waals surface area (Å²) in [6, 6.07) is 15.8. The van der Waals surface area contributed by atoms with E-state index in [-0.39, 0.29) is 12.3 Å². The largest absolute Gasteiger partial charge is 0.497 e. The molecule has 2 aromatic carbocycles. The number of aromatic nitrogens is 1. The molecule has 6 heteroatoms. The van der Waals surface area contributed by atoms with Crippen molar-refractivity contribution in [3.8, 4) is 17.6 Å². The van der Waals surface area contributed by atoms with Crippen LogP contribution in [0.3, 0.4) is 0 Å². The molecule has 0 radical (unpaired) electrons. The summed E-state index contributed by atoms with van der Waals surface area (Å²) in [5.41, 5.74) is 3.90. The van der Waals surface area contributed by atoms with Crippen LogP contribution in [0.1, 0.15) is 54.9 Å². The van der Waals surface area contributed by atoms with Gasteiger partial charge in [-0.3, -0.25) is 14.7 Å². The molecule has 2 N–H and O–H groups in total. The van der Waals surface area contributed by atoms with Gasteiger partial charge >= 0.3 is 5.97 Å². The maximum absolute atomic E-state index is 11.3. The fraction of sp³-hybridized carbons (Fsp3) is 0.419. The summed E-state index contributed by atoms with van der Waals surface area (Å²) in [6.07, 6.45) is 4.39. The van der Waals surface area contributed by atoms with Crippen molar-refractivity contribution in [2.45, 2.75) is 45.1 Å². The molecule has 194 valence electrons. The molecule has 0 amide bonds. The molecular formula is C31H36N2O4. The lowest BCUT2D eigenvalue weighted by atomic mass is 9.79. The minimum absolute atomic E-state index is 0.168. The highest BCUT2D eigenvalue weighted by Crippen LogP contribution is 2.35. The van der Waals surface area contributed by atoms with E-state index in [4.69, 9.17) is 4.74 Å². The number of aryl methyl sites for hydroxylation is 1. The van der Waals surface area contributed by atoms with Gasteiger partial charge in [-0.1, -0.05) is 24.0 Å². The monoisotopic (exact) mass is 500 g/mol. The van der Waals surface area contributed by atoms with Crippen molar-refractivity contribution in [3.63, 3.8) is 0 Å². The summed E-state index contributed by atoms with van der Waals surface area (Å²) in [7, 11) is 1.63. The summed E-state index contributed by atoms with van der Waals surface area (Å²) in [5, 5.41) is 21.3. The first-order valence-corrected chi connectivity index (χ1v) is 13.0. The van der Waals surface area contributed by atoms with Crippen LogP contribution in [-0.2, 0) is 4.79 Å². The van der Waals surface area contributed by atoms with Gasteiger partial charge in [-0.05, 0) is 98.5 Å². The zero-order valence-electron chi connectivity index (χ0n) is 21.7. The Bertz CT molecular complexity index is 1280. The van der Waals surface area contributed by atoms with Gasteiger partial charge in [0.15, 0.2) is 0 Å². The van der Waals surface area contributed by atoms with Crippen LogP contribution in [0.5, 0.6) is 5.75 Å². The predicted octanol–water partition coefficient (Wildman–Crippen LogP) is 5.22. The van der Waals surface area contributed by atoms with Crippen LogP contribution in [0.15, 0.2) is 54.7 Å². The quantitative estimate of drug-likeness (QED) is 0.392. The van der Waals surface area contributed by atoms with E-state index in [1.807, 2.05) is 36.4 Å². The molecule has 1 fully saturated rings. The van der Waals surface area contributed by atoms with Gasteiger partial charge in [0.05, 0.1) is 25.3 Å². The number of aliphatic hydroxyl groups is 1. The van der Waals surface area contributed by atoms with Crippen LogP contribution in [0.4, 0.5) is 0 Å². The molecule has 0 saturated carbocycles. The number of benzene rings is 2. The van der Waals surface area contributed by atoms with Gasteiger partial charge < -0.3 is 14.9 Å². The number of aliphatic carboxylic acids is 1. The number of hydrogen-bond donors (Lipinski definition) is 2. The number of ether oxygens (including phenoxy) is 1. The Labute approximate surface area is 219 Å². The summed E-state index contributed by atoms with van der Waals surface area (Å²) in [4.78, 5) is 18.1. The zero-order chi connectivity index (χ0) is 26.2. The van der Waals surface area contributed by atoms with Crippen molar-refractivity contribution in [2.75, 3.05) is 26.7 Å². The van der Waals surface area contributed by atoms with Crippen molar-refractivity contribution < 1.29 is 19.7 Å². The van der Waals surface area contributed by atoms with Crippen molar-refractivity contribution in [1.82, 2.24) is 9.88 Å². The lowest BCUT2D eigenvalue weighted by Crippen LogP contribution is -2.41. The number of carboxylic acid groups (broad SMARTS) is 1. The Hall–Kier alpha value is -3.40. The molecule has 37 heavy (non-hydrogen) atoms. The van der Waals surface area contributed by atoms with Gasteiger partial charge in [0, 0.05) is 30.1 Å². The Balaban J connectivity index is 1.39. The molecule has 6 nitrogen and oxygen atoms in total. The van der Waals surface area contributed by atoms with E-state index in [0.717, 1.165) is 53.7 Å². The van der Waals surface area contributed by atoms with Crippen LogP contribution in [0, 0.1) is 30.6 Å². The third kappa shape index (κ3) is 7.31. The van der Waals surface area contributed by atoms with Crippen molar-refractivity contribution >= 4 is 16.9 Å². The topological polar surface area (TPSA) is 82.9 Å². The number of nitrogens with zero attached hydrogens (tertiary/aromatic N) is 2. The fourth-order valence-electron chi connectivity index (χ4n) is 5.38. The van der Waals surface area contributed by atoms with E-state index in [1.165, 1.54) is 5.56 Å². The first-order chi connectivity index (χ1) is 17.9. The second kappa shape index (κ2) is 12.7. The van der Waals surface area contributed by atoms with Gasteiger partial charge in [0.1, 0.15) is 5.75 Å². The average molecular weight is 501 g/mol. The summed E-state index contributed by atoms with van der Waals surface area (Å²) in [5.74, 6) is 7.18. The molecule has 2 unspecified atom stereocenters. The molecular weight excluding hydrogens is 464 g/mol. The molecule has 3 aromatic rings. The third-order valence-electron chi connectivity index (χ3n) is 7.41. The molecule has 0 spiro atoms. The van der Waals surface area contributed by atoms with E-state index in [0.29, 0.717) is 25.3 Å². The zero-order valence-corrected chi connectivity index (χ0v) is 21.7. The second-order valence-electron chi connectivity index (χ2n) is 10.0. The van der Waals surface area contributed by atoms with E-state index in [2.05, 4.69) is 40.8 Å². The fourth-order valence-corrected chi connectivity index (χ4v) is 5.38. The lowest BCUT2D eigenvalue weighted by molar-refractivity contribution is -0.137.